The summed E-state index contributed by atoms with van der Waals surface area (Å²) in [5.74, 6) is -1.49. The summed E-state index contributed by atoms with van der Waals surface area (Å²) in [4.78, 5) is 13.1. The molecule has 0 bridgehead atoms. The Kier molecular flexibility index (Phi) is 2.81. The minimum absolute atomic E-state index is 0.294. The number of carbonyl (C=O) groups is 1. The number of nitrogens with zero attached hydrogens (tertiary/aromatic N) is 1. The summed E-state index contributed by atoms with van der Waals surface area (Å²) >= 11 is 0. The van der Waals surface area contributed by atoms with Gasteiger partial charge in [0.25, 0.3) is 0 Å². The van der Waals surface area contributed by atoms with Crippen LogP contribution in [0.3, 0.4) is 0 Å². The standard InChI is InChI=1S/C13H16FNO2/c1-13(2)11(12(16)17)6-7-15(13)10-5-3-4-9(14)8-10/h3-5,8,11H,6-7H2,1-2H3,(H,16,17). The summed E-state index contributed by atoms with van der Waals surface area (Å²) in [6, 6.07) is 6.30. The van der Waals surface area contributed by atoms with E-state index in [2.05, 4.69) is 0 Å². The van der Waals surface area contributed by atoms with Crippen molar-refractivity contribution in [2.45, 2.75) is 25.8 Å². The summed E-state index contributed by atoms with van der Waals surface area (Å²) in [6.45, 7) is 4.43. The summed E-state index contributed by atoms with van der Waals surface area (Å²) in [5.41, 5.74) is 0.262. The molecule has 17 heavy (non-hydrogen) atoms. The van der Waals surface area contributed by atoms with Gasteiger partial charge in [0.15, 0.2) is 0 Å². The predicted molar refractivity (Wildman–Crippen MR) is 63.6 cm³/mol. The average Bonchev–Trinajstić information content (AvgIpc) is 2.53. The van der Waals surface area contributed by atoms with Crippen LogP contribution in [0, 0.1) is 11.7 Å². The minimum atomic E-state index is -0.783. The van der Waals surface area contributed by atoms with Crippen LogP contribution in [-0.4, -0.2) is 23.2 Å². The van der Waals surface area contributed by atoms with E-state index in [0.717, 1.165) is 5.69 Å². The van der Waals surface area contributed by atoms with Crippen molar-refractivity contribution in [1.82, 2.24) is 0 Å². The molecular weight excluding hydrogens is 221 g/mol. The second kappa shape index (κ2) is 4.02. The van der Waals surface area contributed by atoms with Crippen molar-refractivity contribution in [3.63, 3.8) is 0 Å². The molecular formula is C13H16FNO2. The van der Waals surface area contributed by atoms with Crippen molar-refractivity contribution in [2.24, 2.45) is 5.92 Å². The molecule has 1 atom stereocenters. The SMILES string of the molecule is CC1(C)C(C(=O)O)CCN1c1cccc(F)c1. The lowest BCUT2D eigenvalue weighted by atomic mass is 9.88. The summed E-state index contributed by atoms with van der Waals surface area (Å²) in [6.07, 6.45) is 0.596. The molecule has 1 aromatic carbocycles. The van der Waals surface area contributed by atoms with Gasteiger partial charge in [-0.15, -0.1) is 0 Å². The number of carboxylic acid groups (broad SMARTS) is 1. The molecule has 2 rings (SSSR count). The summed E-state index contributed by atoms with van der Waals surface area (Å²) in [5, 5.41) is 9.17. The van der Waals surface area contributed by atoms with E-state index in [1.807, 2.05) is 24.8 Å². The number of halogens is 1. The molecule has 3 nitrogen and oxygen atoms in total. The van der Waals surface area contributed by atoms with Crippen LogP contribution in [0.15, 0.2) is 24.3 Å². The first-order valence-corrected chi connectivity index (χ1v) is 5.69. The maximum atomic E-state index is 13.2. The highest BCUT2D eigenvalue weighted by Gasteiger charge is 2.45. The lowest BCUT2D eigenvalue weighted by Gasteiger charge is -2.36. The summed E-state index contributed by atoms with van der Waals surface area (Å²) < 4.78 is 13.2. The first-order valence-electron chi connectivity index (χ1n) is 5.69. The number of hydrogen-bond acceptors (Lipinski definition) is 2. The van der Waals surface area contributed by atoms with Gasteiger partial charge in [-0.1, -0.05) is 6.07 Å². The highest BCUT2D eigenvalue weighted by molar-refractivity contribution is 5.74. The maximum absolute atomic E-state index is 13.2. The van der Waals surface area contributed by atoms with E-state index in [9.17, 15) is 9.18 Å². The molecule has 1 aromatic rings. The molecule has 0 radical (unpaired) electrons. The molecule has 1 saturated heterocycles. The highest BCUT2D eigenvalue weighted by Crippen LogP contribution is 2.38. The Bertz CT molecular complexity index is 445. The van der Waals surface area contributed by atoms with Crippen LogP contribution < -0.4 is 4.90 Å². The Labute approximate surface area is 99.9 Å². The number of anilines is 1. The molecule has 0 aliphatic carbocycles. The third kappa shape index (κ3) is 1.99. The molecule has 1 aliphatic heterocycles. The highest BCUT2D eigenvalue weighted by atomic mass is 19.1. The van der Waals surface area contributed by atoms with Crippen LogP contribution in [-0.2, 0) is 4.79 Å². The van der Waals surface area contributed by atoms with Gasteiger partial charge >= 0.3 is 5.97 Å². The zero-order chi connectivity index (χ0) is 12.6. The first kappa shape index (κ1) is 11.9. The zero-order valence-corrected chi connectivity index (χ0v) is 9.98. The van der Waals surface area contributed by atoms with Crippen molar-refractivity contribution < 1.29 is 14.3 Å². The predicted octanol–water partition coefficient (Wildman–Crippen LogP) is 2.52. The van der Waals surface area contributed by atoms with E-state index in [1.54, 1.807) is 6.07 Å². The number of rotatable bonds is 2. The molecule has 0 aromatic heterocycles. The second-order valence-electron chi connectivity index (χ2n) is 4.96. The second-order valence-corrected chi connectivity index (χ2v) is 4.96. The van der Waals surface area contributed by atoms with E-state index in [-0.39, 0.29) is 5.82 Å². The van der Waals surface area contributed by atoms with E-state index in [0.29, 0.717) is 13.0 Å². The fourth-order valence-electron chi connectivity index (χ4n) is 2.62. The molecule has 1 N–H and O–H groups in total. The van der Waals surface area contributed by atoms with Crippen molar-refractivity contribution in [3.05, 3.63) is 30.1 Å². The van der Waals surface area contributed by atoms with Crippen LogP contribution >= 0.6 is 0 Å². The molecule has 0 spiro atoms. The van der Waals surface area contributed by atoms with Gasteiger partial charge < -0.3 is 10.0 Å². The molecule has 92 valence electrons. The number of hydrogen-bond donors (Lipinski definition) is 1. The maximum Gasteiger partial charge on any atom is 0.308 e. The molecule has 4 heteroatoms. The lowest BCUT2D eigenvalue weighted by molar-refractivity contribution is -0.142. The topological polar surface area (TPSA) is 40.5 Å². The Morgan fingerprint density at radius 2 is 2.24 bits per heavy atom. The van der Waals surface area contributed by atoms with Gasteiger partial charge in [0.1, 0.15) is 5.82 Å². The van der Waals surface area contributed by atoms with Gasteiger partial charge in [0, 0.05) is 17.8 Å². The number of benzene rings is 1. The van der Waals surface area contributed by atoms with Gasteiger partial charge in [0.2, 0.25) is 0 Å². The average molecular weight is 237 g/mol. The smallest absolute Gasteiger partial charge is 0.308 e. The fraction of sp³-hybridized carbons (Fsp3) is 0.462. The molecule has 1 unspecified atom stereocenters. The van der Waals surface area contributed by atoms with Crippen LogP contribution in [0.1, 0.15) is 20.3 Å². The van der Waals surface area contributed by atoms with Crippen LogP contribution in [0.2, 0.25) is 0 Å². The van der Waals surface area contributed by atoms with Crippen LogP contribution in [0.4, 0.5) is 10.1 Å². The van der Waals surface area contributed by atoms with E-state index < -0.39 is 17.4 Å². The fourth-order valence-corrected chi connectivity index (χ4v) is 2.62. The van der Waals surface area contributed by atoms with Crippen LogP contribution in [0.25, 0.3) is 0 Å². The lowest BCUT2D eigenvalue weighted by Crippen LogP contribution is -2.45. The van der Waals surface area contributed by atoms with Gasteiger partial charge in [0.05, 0.1) is 5.92 Å². The van der Waals surface area contributed by atoms with E-state index in [4.69, 9.17) is 5.11 Å². The molecule has 0 saturated carbocycles. The quantitative estimate of drug-likeness (QED) is 0.859. The van der Waals surface area contributed by atoms with Gasteiger partial charge in [-0.2, -0.15) is 0 Å². The summed E-state index contributed by atoms with van der Waals surface area (Å²) in [7, 11) is 0. The van der Waals surface area contributed by atoms with E-state index in [1.165, 1.54) is 12.1 Å². The van der Waals surface area contributed by atoms with Crippen molar-refractivity contribution in [3.8, 4) is 0 Å². The van der Waals surface area contributed by atoms with E-state index >= 15 is 0 Å². The third-order valence-electron chi connectivity index (χ3n) is 3.61. The zero-order valence-electron chi connectivity index (χ0n) is 9.98. The van der Waals surface area contributed by atoms with Gasteiger partial charge in [-0.25, -0.2) is 4.39 Å². The van der Waals surface area contributed by atoms with Crippen molar-refractivity contribution in [1.29, 1.82) is 0 Å². The monoisotopic (exact) mass is 237 g/mol. The largest absolute Gasteiger partial charge is 0.481 e. The first-order chi connectivity index (χ1) is 7.93. The normalized spacial score (nSPS) is 22.8. The van der Waals surface area contributed by atoms with Crippen molar-refractivity contribution >= 4 is 11.7 Å². The Morgan fingerprint density at radius 3 is 2.76 bits per heavy atom. The Balaban J connectivity index is 2.33. The van der Waals surface area contributed by atoms with Gasteiger partial charge in [-0.05, 0) is 38.5 Å². The molecule has 1 heterocycles. The third-order valence-corrected chi connectivity index (χ3v) is 3.61. The number of carboxylic acids is 1. The minimum Gasteiger partial charge on any atom is -0.481 e. The molecule has 0 amide bonds. The Morgan fingerprint density at radius 1 is 1.53 bits per heavy atom. The van der Waals surface area contributed by atoms with Crippen LogP contribution in [0.5, 0.6) is 0 Å². The number of aliphatic carboxylic acids is 1. The molecule has 1 aliphatic rings. The Hall–Kier alpha value is -1.58. The van der Waals surface area contributed by atoms with Gasteiger partial charge in [-0.3, -0.25) is 4.79 Å². The molecule has 1 fully saturated rings. The van der Waals surface area contributed by atoms with Crippen molar-refractivity contribution in [2.75, 3.05) is 11.4 Å².